The van der Waals surface area contributed by atoms with E-state index in [0.717, 1.165) is 0 Å². The van der Waals surface area contributed by atoms with Crippen molar-refractivity contribution in [3.05, 3.63) is 109 Å². The number of pyridine rings is 2. The highest BCUT2D eigenvalue weighted by Gasteiger charge is 2.38. The van der Waals surface area contributed by atoms with Crippen LogP contribution in [0.5, 0.6) is 0 Å². The van der Waals surface area contributed by atoms with E-state index >= 15 is 0 Å². The van der Waals surface area contributed by atoms with Crippen LogP contribution in [-0.4, -0.2) is 9.97 Å². The fraction of sp³-hybridized carbons (Fsp3) is 0.214. The number of hydrogen-bond donors (Lipinski definition) is 0. The summed E-state index contributed by atoms with van der Waals surface area (Å²) < 4.78 is 0. The largest absolute Gasteiger partial charge is 0.265 e. The zero-order valence-electron chi connectivity index (χ0n) is 17.2. The molecule has 2 heteroatoms. The van der Waals surface area contributed by atoms with Gasteiger partial charge in [0.25, 0.3) is 0 Å². The average molecular weight is 391 g/mol. The molecule has 0 saturated heterocycles. The average Bonchev–Trinajstić information content (AvgIpc) is 2.85. The molecule has 0 unspecified atom stereocenters. The van der Waals surface area contributed by atoms with E-state index in [-0.39, 0.29) is 5.41 Å². The Morgan fingerprint density at radius 2 is 0.933 bits per heavy atom. The number of aromatic nitrogens is 2. The van der Waals surface area contributed by atoms with Crippen LogP contribution >= 0.6 is 0 Å². The lowest BCUT2D eigenvalue weighted by molar-refractivity contribution is 0.347. The van der Waals surface area contributed by atoms with Crippen LogP contribution in [-0.2, 0) is 5.41 Å². The molecule has 0 aliphatic heterocycles. The van der Waals surface area contributed by atoms with Crippen molar-refractivity contribution in [2.75, 3.05) is 0 Å². The third-order valence-electron chi connectivity index (χ3n) is 6.58. The summed E-state index contributed by atoms with van der Waals surface area (Å²) in [4.78, 5) is 8.47. The van der Waals surface area contributed by atoms with Crippen LogP contribution in [0.25, 0.3) is 22.3 Å². The Hall–Kier alpha value is -3.26. The molecule has 148 valence electrons. The van der Waals surface area contributed by atoms with Crippen molar-refractivity contribution in [2.24, 2.45) is 0 Å². The summed E-state index contributed by atoms with van der Waals surface area (Å²) in [5.41, 5.74) is 8.03. The first-order valence-electron chi connectivity index (χ1n) is 10.9. The highest BCUT2D eigenvalue weighted by molar-refractivity contribution is 5.74. The zero-order valence-corrected chi connectivity index (χ0v) is 17.2. The van der Waals surface area contributed by atoms with Crippen molar-refractivity contribution in [1.82, 2.24) is 9.97 Å². The molecule has 2 heterocycles. The highest BCUT2D eigenvalue weighted by atomic mass is 14.6. The minimum atomic E-state index is 0.0119. The lowest BCUT2D eigenvalue weighted by atomic mass is 9.62. The zero-order chi connectivity index (χ0) is 20.2. The fourth-order valence-electron chi connectivity index (χ4n) is 5.21. The molecule has 2 aromatic carbocycles. The summed E-state index contributed by atoms with van der Waals surface area (Å²) >= 11 is 0. The number of hydrogen-bond acceptors (Lipinski definition) is 2. The van der Waals surface area contributed by atoms with Crippen LogP contribution in [0.15, 0.2) is 97.6 Å². The first-order valence-corrected chi connectivity index (χ1v) is 10.9. The predicted octanol–water partition coefficient (Wildman–Crippen LogP) is 7.06. The molecule has 0 radical (unpaired) electrons. The van der Waals surface area contributed by atoms with Crippen LogP contribution in [0.2, 0.25) is 0 Å². The molecule has 30 heavy (non-hydrogen) atoms. The summed E-state index contributed by atoms with van der Waals surface area (Å²) in [6.07, 6.45) is 13.8. The van der Waals surface area contributed by atoms with E-state index < -0.39 is 0 Å². The van der Waals surface area contributed by atoms with Gasteiger partial charge >= 0.3 is 0 Å². The molecule has 5 rings (SSSR count). The van der Waals surface area contributed by atoms with E-state index in [1.165, 1.54) is 65.5 Å². The van der Waals surface area contributed by atoms with Crippen molar-refractivity contribution in [3.63, 3.8) is 0 Å². The van der Waals surface area contributed by atoms with Gasteiger partial charge in [-0.05, 0) is 70.5 Å². The van der Waals surface area contributed by atoms with Crippen LogP contribution in [0.4, 0.5) is 0 Å². The van der Waals surface area contributed by atoms with Crippen LogP contribution in [0, 0.1) is 0 Å². The summed E-state index contributed by atoms with van der Waals surface area (Å²) in [6, 6.07) is 26.5. The van der Waals surface area contributed by atoms with Gasteiger partial charge in [0.2, 0.25) is 0 Å². The standard InChI is InChI=1S/C28H26N2/c1-6-16-28(17-7-1,26-10-4-2-8-24(26)22-12-18-29-19-13-22)27-11-5-3-9-25(27)23-14-20-30-21-15-23/h2-5,8-15,18-21H,1,6-7,16-17H2. The van der Waals surface area contributed by atoms with E-state index in [2.05, 4.69) is 82.8 Å². The van der Waals surface area contributed by atoms with E-state index in [1.54, 1.807) is 0 Å². The van der Waals surface area contributed by atoms with Gasteiger partial charge in [-0.1, -0.05) is 67.8 Å². The SMILES string of the molecule is c1ccc(C2(c3ccccc3-c3ccncc3)CCCCC2)c(-c2ccncc2)c1. The van der Waals surface area contributed by atoms with Gasteiger partial charge in [-0.2, -0.15) is 0 Å². The Labute approximate surface area is 178 Å². The second kappa shape index (κ2) is 8.23. The summed E-state index contributed by atoms with van der Waals surface area (Å²) in [6.45, 7) is 0. The first-order chi connectivity index (χ1) is 14.9. The van der Waals surface area contributed by atoms with E-state index in [1.807, 2.05) is 24.8 Å². The fourth-order valence-corrected chi connectivity index (χ4v) is 5.21. The molecule has 1 aliphatic rings. The maximum absolute atomic E-state index is 4.24. The van der Waals surface area contributed by atoms with Gasteiger partial charge in [-0.15, -0.1) is 0 Å². The monoisotopic (exact) mass is 390 g/mol. The third kappa shape index (κ3) is 3.33. The minimum absolute atomic E-state index is 0.0119. The molecule has 1 saturated carbocycles. The van der Waals surface area contributed by atoms with Gasteiger partial charge in [0.1, 0.15) is 0 Å². The molecule has 1 fully saturated rings. The molecule has 0 amide bonds. The Morgan fingerprint density at radius 3 is 1.40 bits per heavy atom. The summed E-state index contributed by atoms with van der Waals surface area (Å²) in [5.74, 6) is 0. The number of benzene rings is 2. The molecule has 2 aromatic heterocycles. The topological polar surface area (TPSA) is 25.8 Å². The molecule has 2 nitrogen and oxygen atoms in total. The van der Waals surface area contributed by atoms with Gasteiger partial charge in [0.15, 0.2) is 0 Å². The van der Waals surface area contributed by atoms with Crippen LogP contribution in [0.1, 0.15) is 43.2 Å². The molecule has 0 spiro atoms. The van der Waals surface area contributed by atoms with Gasteiger partial charge in [0, 0.05) is 30.2 Å². The molecule has 0 bridgehead atoms. The van der Waals surface area contributed by atoms with E-state index in [9.17, 15) is 0 Å². The number of nitrogens with zero attached hydrogens (tertiary/aromatic N) is 2. The van der Waals surface area contributed by atoms with Crippen molar-refractivity contribution >= 4 is 0 Å². The molecular weight excluding hydrogens is 364 g/mol. The Bertz CT molecular complexity index is 1030. The maximum Gasteiger partial charge on any atom is 0.0273 e. The van der Waals surface area contributed by atoms with E-state index in [4.69, 9.17) is 0 Å². The Morgan fingerprint density at radius 1 is 0.500 bits per heavy atom. The smallest absolute Gasteiger partial charge is 0.0273 e. The molecule has 1 aliphatic carbocycles. The van der Waals surface area contributed by atoms with Gasteiger partial charge in [-0.3, -0.25) is 9.97 Å². The lowest BCUT2D eigenvalue weighted by Crippen LogP contribution is -2.31. The summed E-state index contributed by atoms with van der Waals surface area (Å²) in [5, 5.41) is 0. The Balaban J connectivity index is 1.76. The predicted molar refractivity (Wildman–Crippen MR) is 123 cm³/mol. The van der Waals surface area contributed by atoms with Crippen LogP contribution in [0.3, 0.4) is 0 Å². The van der Waals surface area contributed by atoms with Crippen molar-refractivity contribution < 1.29 is 0 Å². The summed E-state index contributed by atoms with van der Waals surface area (Å²) in [7, 11) is 0. The lowest BCUT2D eigenvalue weighted by Gasteiger charge is -2.41. The number of rotatable bonds is 4. The highest BCUT2D eigenvalue weighted by Crippen LogP contribution is 2.50. The van der Waals surface area contributed by atoms with Gasteiger partial charge in [-0.25, -0.2) is 0 Å². The Kier molecular flexibility index (Phi) is 5.15. The van der Waals surface area contributed by atoms with Crippen molar-refractivity contribution in [3.8, 4) is 22.3 Å². The van der Waals surface area contributed by atoms with Gasteiger partial charge < -0.3 is 0 Å². The molecular formula is C28H26N2. The molecule has 0 N–H and O–H groups in total. The third-order valence-corrected chi connectivity index (χ3v) is 6.58. The van der Waals surface area contributed by atoms with Crippen molar-refractivity contribution in [2.45, 2.75) is 37.5 Å². The molecule has 0 atom stereocenters. The quantitative estimate of drug-likeness (QED) is 0.373. The maximum atomic E-state index is 4.24. The van der Waals surface area contributed by atoms with Gasteiger partial charge in [0.05, 0.1) is 0 Å². The molecule has 4 aromatic rings. The van der Waals surface area contributed by atoms with Crippen LogP contribution < -0.4 is 0 Å². The second-order valence-corrected chi connectivity index (χ2v) is 8.21. The van der Waals surface area contributed by atoms with Crippen molar-refractivity contribution in [1.29, 1.82) is 0 Å². The van der Waals surface area contributed by atoms with E-state index in [0.29, 0.717) is 0 Å². The first kappa shape index (κ1) is 18.7. The second-order valence-electron chi connectivity index (χ2n) is 8.21. The normalized spacial score (nSPS) is 15.6. The minimum Gasteiger partial charge on any atom is -0.265 e.